The van der Waals surface area contributed by atoms with Gasteiger partial charge in [-0.25, -0.2) is 14.4 Å². The fourth-order valence-corrected chi connectivity index (χ4v) is 5.84. The molecule has 2 aromatic carbocycles. The fraction of sp³-hybridized carbons (Fsp3) is 0.448. The van der Waals surface area contributed by atoms with Gasteiger partial charge in [-0.05, 0) is 61.9 Å². The van der Waals surface area contributed by atoms with Crippen LogP contribution < -0.4 is 11.0 Å². The van der Waals surface area contributed by atoms with E-state index in [4.69, 9.17) is 4.74 Å². The second-order valence-electron chi connectivity index (χ2n) is 10.6. The summed E-state index contributed by atoms with van der Waals surface area (Å²) in [4.78, 5) is 54.3. The van der Waals surface area contributed by atoms with E-state index in [9.17, 15) is 19.2 Å². The molecule has 1 atom stereocenters. The van der Waals surface area contributed by atoms with Crippen molar-refractivity contribution in [2.24, 2.45) is 14.1 Å². The van der Waals surface area contributed by atoms with Crippen LogP contribution in [0.2, 0.25) is 0 Å². The van der Waals surface area contributed by atoms with E-state index in [2.05, 4.69) is 5.32 Å². The second kappa shape index (κ2) is 10.6. The van der Waals surface area contributed by atoms with Gasteiger partial charge in [-0.2, -0.15) is 0 Å². The number of ether oxygens (including phenoxy) is 1. The second-order valence-corrected chi connectivity index (χ2v) is 10.6. The van der Waals surface area contributed by atoms with Crippen LogP contribution in [-0.4, -0.2) is 68.6 Å². The van der Waals surface area contributed by atoms with Crippen molar-refractivity contribution in [1.29, 1.82) is 0 Å². The number of benzene rings is 2. The molecule has 2 aliphatic heterocycles. The number of aromatic nitrogens is 2. The van der Waals surface area contributed by atoms with Crippen LogP contribution in [0.15, 0.2) is 41.2 Å². The van der Waals surface area contributed by atoms with E-state index >= 15 is 0 Å². The quantitative estimate of drug-likeness (QED) is 0.541. The van der Waals surface area contributed by atoms with Crippen LogP contribution in [0, 0.1) is 6.92 Å². The average Bonchev–Trinajstić information content (AvgIpc) is 3.03. The first kappa shape index (κ1) is 26.5. The molecule has 10 heteroatoms. The van der Waals surface area contributed by atoms with Crippen molar-refractivity contribution in [3.63, 3.8) is 0 Å². The number of anilines is 1. The van der Waals surface area contributed by atoms with E-state index in [1.165, 1.54) is 6.92 Å². The van der Waals surface area contributed by atoms with Gasteiger partial charge in [-0.3, -0.25) is 13.9 Å². The zero-order valence-electron chi connectivity index (χ0n) is 22.9. The lowest BCUT2D eigenvalue weighted by molar-refractivity contribution is -0.125. The lowest BCUT2D eigenvalue weighted by atomic mass is 10.0. The highest BCUT2D eigenvalue weighted by Gasteiger charge is 2.33. The molecule has 1 saturated heterocycles. The molecule has 0 aliphatic carbocycles. The SMILES string of the molecule is CC(=O)[C@@H](Cc1cc(C)c2c(c1)n(C)c(=O)n2C)OC(=O)N1CCC(N2CCc3ccccc3NC2=O)CC1. The summed E-state index contributed by atoms with van der Waals surface area (Å²) in [6.07, 6.45) is 0.836. The van der Waals surface area contributed by atoms with Gasteiger partial charge in [0.2, 0.25) is 0 Å². The molecule has 0 spiro atoms. The Morgan fingerprint density at radius 2 is 1.77 bits per heavy atom. The first-order chi connectivity index (χ1) is 18.6. The number of piperidine rings is 1. The van der Waals surface area contributed by atoms with Crippen molar-refractivity contribution < 1.29 is 19.1 Å². The fourth-order valence-electron chi connectivity index (χ4n) is 5.84. The number of urea groups is 1. The molecule has 0 unspecified atom stereocenters. The number of hydrogen-bond donors (Lipinski definition) is 1. The number of carbonyl (C=O) groups is 3. The minimum Gasteiger partial charge on any atom is -0.438 e. The molecule has 3 heterocycles. The van der Waals surface area contributed by atoms with Crippen molar-refractivity contribution in [2.75, 3.05) is 25.0 Å². The summed E-state index contributed by atoms with van der Waals surface area (Å²) < 4.78 is 8.88. The van der Waals surface area contributed by atoms with Crippen LogP contribution in [0.4, 0.5) is 15.3 Å². The monoisotopic (exact) mass is 533 g/mol. The number of amides is 3. The normalized spacial score (nSPS) is 17.0. The maximum Gasteiger partial charge on any atom is 0.410 e. The first-order valence-corrected chi connectivity index (χ1v) is 13.4. The van der Waals surface area contributed by atoms with Gasteiger partial charge in [0.1, 0.15) is 0 Å². The first-order valence-electron chi connectivity index (χ1n) is 13.4. The molecular weight excluding hydrogens is 498 g/mol. The Morgan fingerprint density at radius 1 is 1.05 bits per heavy atom. The number of nitrogens with zero attached hydrogens (tertiary/aromatic N) is 4. The number of likely N-dealkylation sites (tertiary alicyclic amines) is 1. The number of aryl methyl sites for hydroxylation is 3. The molecular formula is C29H35N5O5. The number of rotatable bonds is 5. The zero-order chi connectivity index (χ0) is 27.8. The van der Waals surface area contributed by atoms with Gasteiger partial charge < -0.3 is 19.9 Å². The van der Waals surface area contributed by atoms with Crippen molar-refractivity contribution in [3.8, 4) is 0 Å². The number of nitrogens with one attached hydrogen (secondary N) is 1. The number of imidazole rings is 1. The minimum atomic E-state index is -0.928. The van der Waals surface area contributed by atoms with Crippen LogP contribution >= 0.6 is 0 Å². The van der Waals surface area contributed by atoms with Crippen LogP contribution in [0.5, 0.6) is 0 Å². The lowest BCUT2D eigenvalue weighted by Gasteiger charge is -2.37. The molecule has 0 saturated carbocycles. The molecule has 206 valence electrons. The number of carbonyl (C=O) groups excluding carboxylic acids is 3. The Bertz CT molecular complexity index is 1500. The van der Waals surface area contributed by atoms with Crippen molar-refractivity contribution in [3.05, 3.63) is 63.6 Å². The third-order valence-electron chi connectivity index (χ3n) is 8.03. The molecule has 0 radical (unpaired) electrons. The van der Waals surface area contributed by atoms with Gasteiger partial charge in [-0.15, -0.1) is 0 Å². The minimum absolute atomic E-state index is 0.0270. The highest BCUT2D eigenvalue weighted by Crippen LogP contribution is 2.25. The molecule has 39 heavy (non-hydrogen) atoms. The summed E-state index contributed by atoms with van der Waals surface area (Å²) in [5.74, 6) is -0.237. The molecule has 3 amide bonds. The number of ketones is 1. The smallest absolute Gasteiger partial charge is 0.410 e. The molecule has 10 nitrogen and oxygen atoms in total. The summed E-state index contributed by atoms with van der Waals surface area (Å²) in [5, 5.41) is 3.01. The maximum absolute atomic E-state index is 13.0. The zero-order valence-corrected chi connectivity index (χ0v) is 22.9. The molecule has 3 aromatic rings. The number of hydrogen-bond acceptors (Lipinski definition) is 5. The molecule has 0 bridgehead atoms. The Balaban J connectivity index is 1.21. The molecule has 1 N–H and O–H groups in total. The highest BCUT2D eigenvalue weighted by atomic mass is 16.6. The summed E-state index contributed by atoms with van der Waals surface area (Å²) in [6.45, 7) is 4.86. The predicted octanol–water partition coefficient (Wildman–Crippen LogP) is 3.38. The van der Waals surface area contributed by atoms with E-state index in [0.717, 1.165) is 39.8 Å². The van der Waals surface area contributed by atoms with Gasteiger partial charge >= 0.3 is 17.8 Å². The topological polar surface area (TPSA) is 106 Å². The maximum atomic E-state index is 13.0. The summed E-state index contributed by atoms with van der Waals surface area (Å²) in [6, 6.07) is 11.6. The van der Waals surface area contributed by atoms with Gasteiger partial charge in [0.25, 0.3) is 0 Å². The standard InChI is InChI=1S/C29H35N5O5/c1-18-15-20(16-24-26(18)32(4)28(37)31(24)3)17-25(19(2)35)39-29(38)33-12-10-22(11-13-33)34-14-9-21-7-5-6-8-23(21)30-27(34)36/h5-8,15-16,22,25H,9-14,17H2,1-4H3,(H,30,36)/t25-/m1/s1. The van der Waals surface area contributed by atoms with E-state index < -0.39 is 12.2 Å². The third kappa shape index (κ3) is 5.15. The number of fused-ring (bicyclic) bond motifs is 2. The number of para-hydroxylation sites is 1. The molecule has 1 aromatic heterocycles. The van der Waals surface area contributed by atoms with Crippen molar-refractivity contribution >= 4 is 34.6 Å². The molecule has 2 aliphatic rings. The van der Waals surface area contributed by atoms with Crippen LogP contribution in [0.1, 0.15) is 36.5 Å². The van der Waals surface area contributed by atoms with E-state index in [1.54, 1.807) is 28.1 Å². The van der Waals surface area contributed by atoms with Crippen LogP contribution in [0.25, 0.3) is 11.0 Å². The van der Waals surface area contributed by atoms with Gasteiger partial charge in [-0.1, -0.05) is 24.3 Å². The predicted molar refractivity (Wildman–Crippen MR) is 148 cm³/mol. The van der Waals surface area contributed by atoms with Gasteiger partial charge in [0.05, 0.1) is 11.0 Å². The summed E-state index contributed by atoms with van der Waals surface area (Å²) >= 11 is 0. The average molecular weight is 534 g/mol. The summed E-state index contributed by atoms with van der Waals surface area (Å²) in [5.41, 5.74) is 5.20. The van der Waals surface area contributed by atoms with Crippen LogP contribution in [0.3, 0.4) is 0 Å². The van der Waals surface area contributed by atoms with Crippen molar-refractivity contribution in [1.82, 2.24) is 18.9 Å². The summed E-state index contributed by atoms with van der Waals surface area (Å²) in [7, 11) is 3.45. The number of Topliss-reactive ketones (excluding diaryl/α,β-unsaturated/α-hetero) is 1. The third-order valence-corrected chi connectivity index (χ3v) is 8.03. The van der Waals surface area contributed by atoms with Crippen LogP contribution in [-0.2, 0) is 36.5 Å². The van der Waals surface area contributed by atoms with E-state index in [-0.39, 0.29) is 30.0 Å². The van der Waals surface area contributed by atoms with Crippen molar-refractivity contribution in [2.45, 2.75) is 51.7 Å². The molecule has 1 fully saturated rings. The van der Waals surface area contributed by atoms with Gasteiger partial charge in [0.15, 0.2) is 11.9 Å². The Morgan fingerprint density at radius 3 is 2.49 bits per heavy atom. The Kier molecular flexibility index (Phi) is 7.20. The van der Waals surface area contributed by atoms with E-state index in [1.807, 2.05) is 48.2 Å². The Hall–Kier alpha value is -4.08. The van der Waals surface area contributed by atoms with E-state index in [0.29, 0.717) is 32.5 Å². The van der Waals surface area contributed by atoms with Gasteiger partial charge in [0, 0.05) is 51.9 Å². The highest BCUT2D eigenvalue weighted by molar-refractivity contribution is 5.91. The Labute approximate surface area is 227 Å². The molecule has 5 rings (SSSR count). The lowest BCUT2D eigenvalue weighted by Crippen LogP contribution is -2.50. The largest absolute Gasteiger partial charge is 0.438 e.